The quantitative estimate of drug-likeness (QED) is 0.0346. The number of fused-ring (bicyclic) bond motifs is 5. The maximum absolute atomic E-state index is 12.9. The summed E-state index contributed by atoms with van der Waals surface area (Å²) < 4.78 is 35.7. The lowest BCUT2D eigenvalue weighted by atomic mass is 9.48. The molecule has 4 bridgehead atoms. The molecule has 0 atom stereocenters. The first-order valence-corrected chi connectivity index (χ1v) is 55.6. The molecule has 3 N–H and O–H groups in total. The Morgan fingerprint density at radius 3 is 1.18 bits per heavy atom. The molecule has 3 amide bonds. The lowest BCUT2D eigenvalue weighted by molar-refractivity contribution is -0.127. The van der Waals surface area contributed by atoms with Crippen molar-refractivity contribution in [2.45, 2.75) is 278 Å². The molecule has 5 aliphatic carbocycles. The fourth-order valence-electron chi connectivity index (χ4n) is 23.1. The molecule has 14 aromatic rings. The molecule has 0 saturated heterocycles. The Hall–Kier alpha value is -12.4. The zero-order valence-electron chi connectivity index (χ0n) is 85.7. The van der Waals surface area contributed by atoms with Gasteiger partial charge >= 0.3 is 0 Å². The van der Waals surface area contributed by atoms with Crippen molar-refractivity contribution in [1.29, 1.82) is 0 Å². The molecular weight excluding hydrogens is 2010 g/mol. The number of rotatable bonds is 33. The molecule has 5 saturated carbocycles. The number of imidazole rings is 5. The first-order valence-electron chi connectivity index (χ1n) is 53.3. The summed E-state index contributed by atoms with van der Waals surface area (Å²) in [5, 5.41) is 10.9. The highest BCUT2D eigenvalue weighted by Gasteiger charge is 2.51. The van der Waals surface area contributed by atoms with Gasteiger partial charge in [0.2, 0.25) is 11.8 Å². The number of aryl methyl sites for hydroxylation is 12. The summed E-state index contributed by atoms with van der Waals surface area (Å²) in [6, 6.07) is 61.0. The van der Waals surface area contributed by atoms with Crippen LogP contribution in [0, 0.1) is 23.2 Å². The van der Waals surface area contributed by atoms with Crippen LogP contribution >= 0.6 is 62.3 Å². The summed E-state index contributed by atoms with van der Waals surface area (Å²) in [4.78, 5) is 87.0. The molecular formula is C122H132BrCl4N13O9. The van der Waals surface area contributed by atoms with E-state index in [1.54, 1.807) is 55.6 Å². The number of nitrogens with zero attached hydrogens (tertiary/aromatic N) is 10. The highest BCUT2D eigenvalue weighted by atomic mass is 79.9. The number of Topliss-reactive ketones (excluding diaryl/α,β-unsaturated/α-hetero) is 2. The average molecular weight is 2150 g/mol. The van der Waals surface area contributed by atoms with Gasteiger partial charge in [0.1, 0.15) is 63.7 Å². The van der Waals surface area contributed by atoms with E-state index in [2.05, 4.69) is 158 Å². The fourth-order valence-corrected chi connectivity index (χ4v) is 24.0. The van der Waals surface area contributed by atoms with Crippen molar-refractivity contribution in [2.75, 3.05) is 7.11 Å². The molecule has 27 heteroatoms. The van der Waals surface area contributed by atoms with Crippen LogP contribution in [-0.4, -0.2) is 102 Å². The Labute approximate surface area is 902 Å². The van der Waals surface area contributed by atoms with Crippen LogP contribution < -0.4 is 34.9 Å². The lowest BCUT2D eigenvalue weighted by Gasteiger charge is -2.56. The van der Waals surface area contributed by atoms with Crippen molar-refractivity contribution in [3.05, 3.63) is 323 Å². The normalized spacial score (nSPS) is 17.1. The van der Waals surface area contributed by atoms with Crippen molar-refractivity contribution in [3.8, 4) is 79.3 Å². The summed E-state index contributed by atoms with van der Waals surface area (Å²) in [5.74, 6) is 12.1. The van der Waals surface area contributed by atoms with Crippen LogP contribution in [0.25, 0.3) is 56.3 Å². The molecule has 24 rings (SSSR count). The number of amides is 3. The van der Waals surface area contributed by atoms with E-state index in [0.29, 0.717) is 81.5 Å². The maximum Gasteiger partial charge on any atom is 0.251 e. The van der Waals surface area contributed by atoms with Gasteiger partial charge in [-0.15, -0.1) is 0 Å². The molecule has 5 aliphatic heterocycles. The van der Waals surface area contributed by atoms with Gasteiger partial charge in [-0.2, -0.15) is 0 Å². The number of carbonyl (C=O) groups excluding carboxylic acids is 5. The molecule has 10 heterocycles. The van der Waals surface area contributed by atoms with Crippen molar-refractivity contribution in [2.24, 2.45) is 23.2 Å². The maximum atomic E-state index is 12.9. The molecule has 0 radical (unpaired) electrons. The first-order chi connectivity index (χ1) is 72.3. The van der Waals surface area contributed by atoms with Crippen LogP contribution in [0.3, 0.4) is 0 Å². The number of aromatic nitrogens is 10. The third-order valence-corrected chi connectivity index (χ3v) is 32.0. The van der Waals surface area contributed by atoms with E-state index in [9.17, 15) is 24.0 Å². The molecule has 10 aliphatic rings. The third kappa shape index (κ3) is 27.5. The SMILES string of the molecule is CC(C)Oc1ccc(-c2cn3c(n2)CCC3)cc1CNC(=O)Cc1ccc(Cl)c(Cl)c1.COc1cccc(C(=O)NCc2cc(-c3cn4c(n3)CCC4)ccc2OC(C)C)c1.O=C(CCc1cccc(-c2cn3c(n2)CCC3)c1)CC12CC3CC(CC(C3)C1)C2.O=C(CCc1cccc(-c2cn3c(n2)CCC3)c1)Cc1ccc(Br)cc1.O=C(Cc1ccc(Cl)c(Cl)c1)NCc1cc(-c2cn3c(n2)CCC3)ccc1OC1CCCC1. The zero-order valence-corrected chi connectivity index (χ0v) is 90.4. The van der Waals surface area contributed by atoms with Gasteiger partial charge in [-0.3, -0.25) is 24.0 Å². The van der Waals surface area contributed by atoms with Crippen LogP contribution in [0.4, 0.5) is 0 Å². The standard InChI is InChI=1S/C26H27Cl2N3O2.C26H32N2O.C24H25Cl2N3O2.C24H27N3O3.C22H21BrN2O/c27-21-9-7-17(12-22(21)28)13-26(32)29-15-19-14-18(23-16-31-11-3-6-25(31)30-23)8-10-24(19)33-20-4-1-2-5-20;29-23(16-26-13-19-9-20(14-26)11-21(10-19)15-26)7-6-18-3-1-4-22(12-18)24-17-28-8-2-5-25(28)27-24;1-15(2)31-22-8-6-17(21-14-29-9-3-4-23(29)28-21)12-18(22)13-27-24(30)11-16-5-7-19(25)20(26)10-16;1-16(2)30-22-10-9-17(21-15-27-11-5-8-23(27)26-21)12-19(22)14-25-24(28)18-6-4-7-20(13-18)29-3;23-19-9-6-17(7-10-19)14-20(26)11-8-16-3-1-4-18(13-16)21-15-25-12-2-5-22(25)24-21/h7-10,12,14,16,20H,1-6,11,13,15H2,(H,29,32);1,3-4,12,17,19-21H,2,5-11,13-16H2;5-8,10,12,14-15H,3-4,9,11,13H2,1-2H3,(H,27,30);4,6-7,9-10,12-13,15-16H,5,8,11,14H2,1-3H3,(H,25,28);1,3-4,6-7,9-10,13,15H,2,5,8,11-12,14H2. The highest BCUT2D eigenvalue weighted by molar-refractivity contribution is 9.10. The smallest absolute Gasteiger partial charge is 0.251 e. The van der Waals surface area contributed by atoms with Gasteiger partial charge in [-0.25, -0.2) is 24.9 Å². The van der Waals surface area contributed by atoms with Gasteiger partial charge in [0.25, 0.3) is 5.91 Å². The number of ketones is 2. The van der Waals surface area contributed by atoms with Gasteiger partial charge in [0, 0.05) is 196 Å². The van der Waals surface area contributed by atoms with Crippen molar-refractivity contribution >= 4 is 91.6 Å². The molecule has 22 nitrogen and oxygen atoms in total. The summed E-state index contributed by atoms with van der Waals surface area (Å²) in [6.07, 6.45) is 39.8. The Bertz CT molecular complexity index is 7010. The highest BCUT2D eigenvalue weighted by Crippen LogP contribution is 2.62. The number of ether oxygens (including phenoxy) is 4. The third-order valence-electron chi connectivity index (χ3n) is 30.0. The second-order valence-corrected chi connectivity index (χ2v) is 44.8. The predicted octanol–water partition coefficient (Wildman–Crippen LogP) is 26.3. The summed E-state index contributed by atoms with van der Waals surface area (Å²) in [6.45, 7) is 14.3. The van der Waals surface area contributed by atoms with Gasteiger partial charge in [0.15, 0.2) is 0 Å². The molecule has 149 heavy (non-hydrogen) atoms. The number of hydrogen-bond acceptors (Lipinski definition) is 14. The second-order valence-electron chi connectivity index (χ2n) is 42.2. The Kier molecular flexibility index (Phi) is 34.4. The van der Waals surface area contributed by atoms with E-state index in [1.165, 1.54) is 92.5 Å². The van der Waals surface area contributed by atoms with Crippen LogP contribution in [0.15, 0.2) is 224 Å². The van der Waals surface area contributed by atoms with E-state index in [4.69, 9.17) is 90.3 Å². The number of hydrogen-bond donors (Lipinski definition) is 3. The van der Waals surface area contributed by atoms with Gasteiger partial charge in [-0.1, -0.05) is 129 Å². The van der Waals surface area contributed by atoms with Crippen LogP contribution in [0.1, 0.15) is 227 Å². The number of carbonyl (C=O) groups is 5. The second kappa shape index (κ2) is 48.7. The van der Waals surface area contributed by atoms with Crippen molar-refractivity contribution in [1.82, 2.24) is 63.7 Å². The van der Waals surface area contributed by atoms with E-state index >= 15 is 0 Å². The minimum absolute atomic E-state index is 0.0351. The average Bonchev–Trinajstić information content (AvgIpc) is 1.58. The summed E-state index contributed by atoms with van der Waals surface area (Å²) in [5.41, 5.74) is 19.4. The molecule has 5 fully saturated rings. The number of methoxy groups -OCH3 is 1. The molecule has 0 unspecified atom stereocenters. The zero-order chi connectivity index (χ0) is 103. The molecule has 5 aromatic heterocycles. The van der Waals surface area contributed by atoms with Gasteiger partial charge in [-0.05, 0) is 309 Å². The number of benzene rings is 9. The fraction of sp³-hybridized carbons (Fsp3) is 0.393. The van der Waals surface area contributed by atoms with E-state index in [0.717, 1.165) is 257 Å². The van der Waals surface area contributed by atoms with E-state index in [1.807, 2.05) is 94.4 Å². The topological polar surface area (TPSA) is 247 Å². The van der Waals surface area contributed by atoms with Gasteiger partial charge < -0.3 is 57.7 Å². The van der Waals surface area contributed by atoms with Crippen LogP contribution in [0.2, 0.25) is 20.1 Å². The van der Waals surface area contributed by atoms with Crippen molar-refractivity contribution in [3.63, 3.8) is 0 Å². The van der Waals surface area contributed by atoms with E-state index in [-0.39, 0.29) is 54.7 Å². The van der Waals surface area contributed by atoms with Crippen molar-refractivity contribution < 1.29 is 42.9 Å². The minimum atomic E-state index is -0.157. The number of halogens is 5. The molecule has 774 valence electrons. The number of nitrogens with one attached hydrogen (secondary N) is 3. The first kappa shape index (κ1) is 105. The van der Waals surface area contributed by atoms with Crippen LogP contribution in [0.5, 0.6) is 23.0 Å². The predicted molar refractivity (Wildman–Crippen MR) is 592 cm³/mol. The Morgan fingerprint density at radius 2 is 0.779 bits per heavy atom. The Balaban J connectivity index is 0.000000117. The molecule has 9 aromatic carbocycles. The molecule has 0 spiro atoms. The Morgan fingerprint density at radius 1 is 0.396 bits per heavy atom. The minimum Gasteiger partial charge on any atom is -0.497 e. The monoisotopic (exact) mass is 2140 g/mol. The summed E-state index contributed by atoms with van der Waals surface area (Å²) in [7, 11) is 1.59. The van der Waals surface area contributed by atoms with Gasteiger partial charge in [0.05, 0.1) is 86.8 Å². The van der Waals surface area contributed by atoms with E-state index < -0.39 is 0 Å². The van der Waals surface area contributed by atoms with Crippen LogP contribution in [-0.2, 0) is 136 Å². The largest absolute Gasteiger partial charge is 0.497 e. The summed E-state index contributed by atoms with van der Waals surface area (Å²) >= 11 is 27.5. The lowest BCUT2D eigenvalue weighted by Crippen LogP contribution is -2.46.